The van der Waals surface area contributed by atoms with Crippen LogP contribution in [0.15, 0.2) is 18.2 Å². The van der Waals surface area contributed by atoms with Gasteiger partial charge in [-0.1, -0.05) is 6.92 Å². The zero-order chi connectivity index (χ0) is 9.68. The number of benzene rings is 1. The number of carbonyl (C=O) groups is 2. The number of anilines is 1. The summed E-state index contributed by atoms with van der Waals surface area (Å²) in [6, 6.07) is 5.19. The Kier molecular flexibility index (Phi) is 3.20. The number of aldehydes is 1. The van der Waals surface area contributed by atoms with Crippen LogP contribution in [0.25, 0.3) is 0 Å². The first kappa shape index (κ1) is 9.45. The second kappa shape index (κ2) is 4.40. The molecule has 0 aromatic heterocycles. The van der Waals surface area contributed by atoms with E-state index in [4.69, 9.17) is 0 Å². The number of aryl methyl sites for hydroxylation is 1. The van der Waals surface area contributed by atoms with Crippen molar-refractivity contribution in [1.82, 2.24) is 0 Å². The highest BCUT2D eigenvalue weighted by molar-refractivity contribution is 5.79. The maximum Gasteiger partial charge on any atom is 0.211 e. The molecule has 0 aliphatic rings. The van der Waals surface area contributed by atoms with E-state index in [-0.39, 0.29) is 0 Å². The second-order valence-corrected chi connectivity index (χ2v) is 2.65. The van der Waals surface area contributed by atoms with Crippen LogP contribution in [-0.4, -0.2) is 12.7 Å². The van der Waals surface area contributed by atoms with Gasteiger partial charge in [0.15, 0.2) is 0 Å². The van der Waals surface area contributed by atoms with Gasteiger partial charge in [-0.05, 0) is 30.2 Å². The highest BCUT2D eigenvalue weighted by Gasteiger charge is 2.00. The van der Waals surface area contributed by atoms with E-state index in [1.165, 1.54) is 0 Å². The summed E-state index contributed by atoms with van der Waals surface area (Å²) >= 11 is 0. The first-order valence-electron chi connectivity index (χ1n) is 4.10. The van der Waals surface area contributed by atoms with E-state index in [2.05, 4.69) is 5.32 Å². The van der Waals surface area contributed by atoms with Crippen molar-refractivity contribution in [2.24, 2.45) is 0 Å². The third-order valence-corrected chi connectivity index (χ3v) is 1.86. The molecule has 1 aromatic carbocycles. The standard InChI is InChI=1S/C10H11NO2/c1-2-9-5-8(6-12)3-4-10(9)11-7-13/h3-7H,2H2,1H3,(H,11,13). The zero-order valence-electron chi connectivity index (χ0n) is 7.41. The van der Waals surface area contributed by atoms with Gasteiger partial charge in [0.2, 0.25) is 6.41 Å². The predicted molar refractivity (Wildman–Crippen MR) is 50.9 cm³/mol. The summed E-state index contributed by atoms with van der Waals surface area (Å²) in [6.45, 7) is 1.97. The number of hydrogen-bond acceptors (Lipinski definition) is 2. The summed E-state index contributed by atoms with van der Waals surface area (Å²) in [7, 11) is 0. The van der Waals surface area contributed by atoms with Crippen LogP contribution in [0.4, 0.5) is 5.69 Å². The quantitative estimate of drug-likeness (QED) is 0.710. The van der Waals surface area contributed by atoms with Gasteiger partial charge in [0.25, 0.3) is 0 Å². The van der Waals surface area contributed by atoms with Crippen LogP contribution in [0.3, 0.4) is 0 Å². The largest absolute Gasteiger partial charge is 0.328 e. The van der Waals surface area contributed by atoms with Crippen LogP contribution in [0.2, 0.25) is 0 Å². The van der Waals surface area contributed by atoms with Gasteiger partial charge in [-0.15, -0.1) is 0 Å². The Balaban J connectivity index is 3.06. The Morgan fingerprint density at radius 3 is 2.69 bits per heavy atom. The molecule has 68 valence electrons. The van der Waals surface area contributed by atoms with Gasteiger partial charge in [-0.2, -0.15) is 0 Å². The third kappa shape index (κ3) is 2.15. The van der Waals surface area contributed by atoms with E-state index >= 15 is 0 Å². The SMILES string of the molecule is CCc1cc(C=O)ccc1NC=O. The minimum atomic E-state index is 0.633. The van der Waals surface area contributed by atoms with Crippen LogP contribution in [0.1, 0.15) is 22.8 Å². The van der Waals surface area contributed by atoms with E-state index < -0.39 is 0 Å². The van der Waals surface area contributed by atoms with Crippen molar-refractivity contribution >= 4 is 18.4 Å². The molecule has 0 heterocycles. The molecule has 0 saturated heterocycles. The van der Waals surface area contributed by atoms with Crippen LogP contribution in [0, 0.1) is 0 Å². The van der Waals surface area contributed by atoms with Gasteiger partial charge in [0.05, 0.1) is 0 Å². The number of hydrogen-bond donors (Lipinski definition) is 1. The van der Waals surface area contributed by atoms with Crippen molar-refractivity contribution < 1.29 is 9.59 Å². The molecule has 3 nitrogen and oxygen atoms in total. The molecule has 0 unspecified atom stereocenters. The molecule has 1 amide bonds. The molecule has 0 fully saturated rings. The zero-order valence-corrected chi connectivity index (χ0v) is 7.41. The molecule has 1 rings (SSSR count). The van der Waals surface area contributed by atoms with Crippen molar-refractivity contribution in [3.8, 4) is 0 Å². The molecule has 1 aromatic rings. The first-order chi connectivity index (χ1) is 6.31. The number of nitrogens with one attached hydrogen (secondary N) is 1. The normalized spacial score (nSPS) is 9.31. The second-order valence-electron chi connectivity index (χ2n) is 2.65. The molecule has 0 saturated carbocycles. The number of rotatable bonds is 4. The Hall–Kier alpha value is -1.64. The maximum absolute atomic E-state index is 10.5. The molecule has 0 bridgehead atoms. The fraction of sp³-hybridized carbons (Fsp3) is 0.200. The molecular formula is C10H11NO2. The average Bonchev–Trinajstić information content (AvgIpc) is 2.19. The van der Waals surface area contributed by atoms with E-state index in [9.17, 15) is 9.59 Å². The predicted octanol–water partition coefficient (Wildman–Crippen LogP) is 1.63. The Morgan fingerprint density at radius 2 is 2.15 bits per heavy atom. The van der Waals surface area contributed by atoms with Gasteiger partial charge in [0.1, 0.15) is 6.29 Å². The van der Waals surface area contributed by atoms with Crippen LogP contribution in [0.5, 0.6) is 0 Å². The van der Waals surface area contributed by atoms with Gasteiger partial charge >= 0.3 is 0 Å². The highest BCUT2D eigenvalue weighted by Crippen LogP contribution is 2.16. The van der Waals surface area contributed by atoms with E-state index in [0.717, 1.165) is 24.0 Å². The summed E-state index contributed by atoms with van der Waals surface area (Å²) < 4.78 is 0. The van der Waals surface area contributed by atoms with E-state index in [1.807, 2.05) is 6.92 Å². The molecule has 1 N–H and O–H groups in total. The van der Waals surface area contributed by atoms with Crippen LogP contribution in [-0.2, 0) is 11.2 Å². The fourth-order valence-corrected chi connectivity index (χ4v) is 1.18. The lowest BCUT2D eigenvalue weighted by Crippen LogP contribution is -1.98. The van der Waals surface area contributed by atoms with Gasteiger partial charge in [-0.3, -0.25) is 9.59 Å². The fourth-order valence-electron chi connectivity index (χ4n) is 1.18. The third-order valence-electron chi connectivity index (χ3n) is 1.86. The van der Waals surface area contributed by atoms with Gasteiger partial charge in [-0.25, -0.2) is 0 Å². The summed E-state index contributed by atoms with van der Waals surface area (Å²) in [5.41, 5.74) is 2.37. The monoisotopic (exact) mass is 177 g/mol. The number of amides is 1. The van der Waals surface area contributed by atoms with Crippen molar-refractivity contribution in [2.45, 2.75) is 13.3 Å². The molecular weight excluding hydrogens is 166 g/mol. The summed E-state index contributed by atoms with van der Waals surface area (Å²) in [5.74, 6) is 0. The van der Waals surface area contributed by atoms with Crippen molar-refractivity contribution in [3.63, 3.8) is 0 Å². The highest BCUT2D eigenvalue weighted by atomic mass is 16.1. The molecule has 0 radical (unpaired) electrons. The lowest BCUT2D eigenvalue weighted by molar-refractivity contribution is -0.105. The summed E-state index contributed by atoms with van der Waals surface area (Å²) in [5, 5.41) is 2.58. The molecule has 13 heavy (non-hydrogen) atoms. The van der Waals surface area contributed by atoms with Crippen LogP contribution >= 0.6 is 0 Å². The maximum atomic E-state index is 10.5. The van der Waals surface area contributed by atoms with E-state index in [0.29, 0.717) is 12.0 Å². The lowest BCUT2D eigenvalue weighted by Gasteiger charge is -2.05. The van der Waals surface area contributed by atoms with Gasteiger partial charge < -0.3 is 5.32 Å². The topological polar surface area (TPSA) is 46.2 Å². The first-order valence-corrected chi connectivity index (χ1v) is 4.10. The molecule has 0 spiro atoms. The number of carbonyl (C=O) groups excluding carboxylic acids is 2. The minimum absolute atomic E-state index is 0.633. The average molecular weight is 177 g/mol. The Morgan fingerprint density at radius 1 is 1.38 bits per heavy atom. The Labute approximate surface area is 76.8 Å². The van der Waals surface area contributed by atoms with Crippen LogP contribution < -0.4 is 5.32 Å². The Bertz CT molecular complexity index is 321. The molecule has 0 aliphatic heterocycles. The van der Waals surface area contributed by atoms with Crippen molar-refractivity contribution in [3.05, 3.63) is 29.3 Å². The molecule has 0 aliphatic carbocycles. The van der Waals surface area contributed by atoms with Gasteiger partial charge in [0, 0.05) is 11.3 Å². The summed E-state index contributed by atoms with van der Waals surface area (Å²) in [4.78, 5) is 20.7. The smallest absolute Gasteiger partial charge is 0.211 e. The van der Waals surface area contributed by atoms with Crippen molar-refractivity contribution in [1.29, 1.82) is 0 Å². The molecule has 0 atom stereocenters. The van der Waals surface area contributed by atoms with E-state index in [1.54, 1.807) is 18.2 Å². The lowest BCUT2D eigenvalue weighted by atomic mass is 10.1. The van der Waals surface area contributed by atoms with Crippen molar-refractivity contribution in [2.75, 3.05) is 5.32 Å². The summed E-state index contributed by atoms with van der Waals surface area (Å²) in [6.07, 6.45) is 2.22. The molecule has 3 heteroatoms. The minimum Gasteiger partial charge on any atom is -0.328 e.